The molecule has 1 unspecified atom stereocenters. The first-order valence-corrected chi connectivity index (χ1v) is 12.3. The van der Waals surface area contributed by atoms with Crippen molar-refractivity contribution in [2.24, 2.45) is 0 Å². The molecular formula is C30H34N2O5. The summed E-state index contributed by atoms with van der Waals surface area (Å²) in [6.45, 7) is 6.35. The molecule has 0 saturated carbocycles. The van der Waals surface area contributed by atoms with Gasteiger partial charge in [0.1, 0.15) is 17.2 Å². The third kappa shape index (κ3) is 8.81. The fourth-order valence-corrected chi connectivity index (χ4v) is 3.50. The third-order valence-corrected chi connectivity index (χ3v) is 5.44. The standard InChI is InChI=1S/C30H34N2O5/c1-21(2)37-27-13-9-23(10-14-27)19-28(30(35)31-17-18-33)32-29(34)25-11-15-26(16-12-25)36-20-22(3)24-7-5-4-6-8-24/h4-16,19,21-22,33H,17-18,20H2,1-3H3,(H,31,35)(H,32,34)/b28-19-. The van der Waals surface area contributed by atoms with Crippen LogP contribution in [0.3, 0.4) is 0 Å². The Bertz CT molecular complexity index is 1170. The van der Waals surface area contributed by atoms with Crippen LogP contribution in [0.1, 0.15) is 48.2 Å². The lowest BCUT2D eigenvalue weighted by atomic mass is 10.0. The molecule has 1 atom stereocenters. The number of hydrogen-bond acceptors (Lipinski definition) is 5. The zero-order valence-corrected chi connectivity index (χ0v) is 21.4. The first-order chi connectivity index (χ1) is 17.9. The van der Waals surface area contributed by atoms with Crippen LogP contribution < -0.4 is 20.1 Å². The van der Waals surface area contributed by atoms with Crippen LogP contribution in [-0.2, 0) is 4.79 Å². The summed E-state index contributed by atoms with van der Waals surface area (Å²) >= 11 is 0. The molecule has 3 rings (SSSR count). The van der Waals surface area contributed by atoms with Crippen LogP contribution in [0.5, 0.6) is 11.5 Å². The molecule has 7 nitrogen and oxygen atoms in total. The van der Waals surface area contributed by atoms with Crippen LogP contribution in [0, 0.1) is 0 Å². The molecule has 0 spiro atoms. The average molecular weight is 503 g/mol. The molecule has 0 heterocycles. The number of rotatable bonds is 12. The highest BCUT2D eigenvalue weighted by molar-refractivity contribution is 6.05. The molecule has 0 aliphatic rings. The Morgan fingerprint density at radius 3 is 2.16 bits per heavy atom. The Kier molecular flexibility index (Phi) is 10.3. The van der Waals surface area contributed by atoms with Crippen LogP contribution in [0.15, 0.2) is 84.6 Å². The van der Waals surface area contributed by atoms with E-state index in [-0.39, 0.29) is 30.9 Å². The monoisotopic (exact) mass is 502 g/mol. The van der Waals surface area contributed by atoms with Crippen molar-refractivity contribution >= 4 is 17.9 Å². The lowest BCUT2D eigenvalue weighted by Crippen LogP contribution is -2.36. The summed E-state index contributed by atoms with van der Waals surface area (Å²) in [4.78, 5) is 25.6. The van der Waals surface area contributed by atoms with Crippen molar-refractivity contribution in [1.29, 1.82) is 0 Å². The Hall–Kier alpha value is -4.10. The van der Waals surface area contributed by atoms with Gasteiger partial charge in [-0.05, 0) is 67.4 Å². The molecule has 0 fully saturated rings. The van der Waals surface area contributed by atoms with E-state index in [1.165, 1.54) is 5.56 Å². The lowest BCUT2D eigenvalue weighted by molar-refractivity contribution is -0.117. The Balaban J connectivity index is 1.67. The number of amides is 2. The lowest BCUT2D eigenvalue weighted by Gasteiger charge is -2.14. The molecule has 3 aromatic rings. The minimum Gasteiger partial charge on any atom is -0.493 e. The van der Waals surface area contributed by atoms with Gasteiger partial charge < -0.3 is 25.2 Å². The van der Waals surface area contributed by atoms with E-state index >= 15 is 0 Å². The van der Waals surface area contributed by atoms with E-state index in [0.717, 1.165) is 0 Å². The summed E-state index contributed by atoms with van der Waals surface area (Å²) in [6, 6.07) is 24.1. The SMILES string of the molecule is CC(C)Oc1ccc(/C=C(\NC(=O)c2ccc(OCC(C)c3ccccc3)cc2)C(=O)NCCO)cc1. The number of ether oxygens (including phenoxy) is 2. The summed E-state index contributed by atoms with van der Waals surface area (Å²) in [5.41, 5.74) is 2.35. The fourth-order valence-electron chi connectivity index (χ4n) is 3.50. The molecular weight excluding hydrogens is 468 g/mol. The number of benzene rings is 3. The predicted molar refractivity (Wildman–Crippen MR) is 145 cm³/mol. The molecule has 0 radical (unpaired) electrons. The second-order valence-electron chi connectivity index (χ2n) is 8.87. The fraction of sp³-hybridized carbons (Fsp3) is 0.267. The molecule has 37 heavy (non-hydrogen) atoms. The second kappa shape index (κ2) is 13.8. The van der Waals surface area contributed by atoms with Crippen LogP contribution in [-0.4, -0.2) is 42.8 Å². The van der Waals surface area contributed by atoms with E-state index in [1.807, 2.05) is 32.0 Å². The number of carbonyl (C=O) groups is 2. The summed E-state index contributed by atoms with van der Waals surface area (Å²) < 4.78 is 11.5. The quantitative estimate of drug-likeness (QED) is 0.316. The van der Waals surface area contributed by atoms with Gasteiger partial charge in [0.15, 0.2) is 0 Å². The predicted octanol–water partition coefficient (Wildman–Crippen LogP) is 4.54. The summed E-state index contributed by atoms with van der Waals surface area (Å²) in [5, 5.41) is 14.3. The van der Waals surface area contributed by atoms with Crippen molar-refractivity contribution in [2.75, 3.05) is 19.8 Å². The van der Waals surface area contributed by atoms with Gasteiger partial charge in [0.25, 0.3) is 11.8 Å². The minimum atomic E-state index is -0.500. The molecule has 0 bridgehead atoms. The molecule has 0 saturated heterocycles. The summed E-state index contributed by atoms with van der Waals surface area (Å²) in [6.07, 6.45) is 1.62. The van der Waals surface area contributed by atoms with Crippen molar-refractivity contribution in [1.82, 2.24) is 10.6 Å². The van der Waals surface area contributed by atoms with Crippen molar-refractivity contribution < 1.29 is 24.2 Å². The Morgan fingerprint density at radius 1 is 0.892 bits per heavy atom. The van der Waals surface area contributed by atoms with Crippen molar-refractivity contribution in [3.63, 3.8) is 0 Å². The van der Waals surface area contributed by atoms with Gasteiger partial charge in [-0.3, -0.25) is 9.59 Å². The smallest absolute Gasteiger partial charge is 0.267 e. The van der Waals surface area contributed by atoms with Gasteiger partial charge in [-0.15, -0.1) is 0 Å². The highest BCUT2D eigenvalue weighted by Crippen LogP contribution is 2.19. The maximum atomic E-state index is 12.9. The first kappa shape index (κ1) is 27.5. The van der Waals surface area contributed by atoms with Gasteiger partial charge >= 0.3 is 0 Å². The number of nitrogens with one attached hydrogen (secondary N) is 2. The first-order valence-electron chi connectivity index (χ1n) is 12.3. The maximum absolute atomic E-state index is 12.9. The minimum absolute atomic E-state index is 0.0459. The van der Waals surface area contributed by atoms with Crippen molar-refractivity contribution in [3.05, 3.63) is 101 Å². The van der Waals surface area contributed by atoms with Gasteiger partial charge in [-0.2, -0.15) is 0 Å². The third-order valence-electron chi connectivity index (χ3n) is 5.44. The number of aliphatic hydroxyl groups excluding tert-OH is 1. The second-order valence-corrected chi connectivity index (χ2v) is 8.87. The van der Waals surface area contributed by atoms with Gasteiger partial charge in [0.05, 0.1) is 19.3 Å². The molecule has 2 amide bonds. The molecule has 194 valence electrons. The zero-order valence-electron chi connectivity index (χ0n) is 21.4. The average Bonchev–Trinajstić information content (AvgIpc) is 2.91. The van der Waals surface area contributed by atoms with E-state index in [1.54, 1.807) is 54.6 Å². The van der Waals surface area contributed by atoms with Crippen LogP contribution in [0.4, 0.5) is 0 Å². The van der Waals surface area contributed by atoms with Crippen molar-refractivity contribution in [2.45, 2.75) is 32.8 Å². The van der Waals surface area contributed by atoms with Gasteiger partial charge in [-0.25, -0.2) is 0 Å². The van der Waals surface area contributed by atoms with Crippen LogP contribution in [0.25, 0.3) is 6.08 Å². The van der Waals surface area contributed by atoms with E-state index in [0.29, 0.717) is 29.2 Å². The Labute approximate surface area is 218 Å². The zero-order chi connectivity index (χ0) is 26.6. The van der Waals surface area contributed by atoms with Gasteiger partial charge in [0, 0.05) is 18.0 Å². The van der Waals surface area contributed by atoms with Gasteiger partial charge in [-0.1, -0.05) is 49.4 Å². The summed E-state index contributed by atoms with van der Waals surface area (Å²) in [5.74, 6) is 0.650. The Morgan fingerprint density at radius 2 is 1.54 bits per heavy atom. The molecule has 7 heteroatoms. The highest BCUT2D eigenvalue weighted by Gasteiger charge is 2.15. The number of carbonyl (C=O) groups excluding carboxylic acids is 2. The van der Waals surface area contributed by atoms with E-state index < -0.39 is 11.8 Å². The van der Waals surface area contributed by atoms with Crippen LogP contribution in [0.2, 0.25) is 0 Å². The molecule has 3 aromatic carbocycles. The molecule has 0 aromatic heterocycles. The van der Waals surface area contributed by atoms with Crippen molar-refractivity contribution in [3.8, 4) is 11.5 Å². The highest BCUT2D eigenvalue weighted by atomic mass is 16.5. The van der Waals surface area contributed by atoms with E-state index in [4.69, 9.17) is 14.6 Å². The molecule has 0 aliphatic carbocycles. The number of hydrogen-bond donors (Lipinski definition) is 3. The molecule has 0 aliphatic heterocycles. The molecule has 3 N–H and O–H groups in total. The van der Waals surface area contributed by atoms with Gasteiger partial charge in [0.2, 0.25) is 0 Å². The van der Waals surface area contributed by atoms with E-state index in [9.17, 15) is 9.59 Å². The summed E-state index contributed by atoms with van der Waals surface area (Å²) in [7, 11) is 0. The maximum Gasteiger partial charge on any atom is 0.267 e. The number of aliphatic hydroxyl groups is 1. The van der Waals surface area contributed by atoms with E-state index in [2.05, 4.69) is 29.7 Å². The van der Waals surface area contributed by atoms with Crippen LogP contribution >= 0.6 is 0 Å². The normalized spacial score (nSPS) is 12.1. The topological polar surface area (TPSA) is 96.9 Å². The largest absolute Gasteiger partial charge is 0.493 e.